The van der Waals surface area contributed by atoms with Crippen molar-refractivity contribution < 1.29 is 4.79 Å². The van der Waals surface area contributed by atoms with Crippen LogP contribution >= 0.6 is 0 Å². The summed E-state index contributed by atoms with van der Waals surface area (Å²) in [6.07, 6.45) is 1.62. The highest BCUT2D eigenvalue weighted by molar-refractivity contribution is 5.95. The molecule has 0 aromatic heterocycles. The Morgan fingerprint density at radius 1 is 1.47 bits per heavy atom. The molecule has 0 radical (unpaired) electrons. The maximum absolute atomic E-state index is 11.7. The van der Waals surface area contributed by atoms with Gasteiger partial charge < -0.3 is 16.0 Å². The molecule has 0 aliphatic rings. The molecule has 94 valence electrons. The van der Waals surface area contributed by atoms with Crippen LogP contribution in [0.1, 0.15) is 19.8 Å². The number of amides is 1. The van der Waals surface area contributed by atoms with Gasteiger partial charge in [-0.3, -0.25) is 4.79 Å². The fourth-order valence-corrected chi connectivity index (χ4v) is 1.54. The van der Waals surface area contributed by atoms with E-state index in [4.69, 9.17) is 5.73 Å². The van der Waals surface area contributed by atoms with Gasteiger partial charge in [0.25, 0.3) is 0 Å². The van der Waals surface area contributed by atoms with Crippen molar-refractivity contribution in [2.45, 2.75) is 25.8 Å². The quantitative estimate of drug-likeness (QED) is 0.818. The Labute approximate surface area is 103 Å². The number of carbonyl (C=O) groups excluding carboxylic acids is 1. The number of rotatable bonds is 5. The molecule has 0 spiro atoms. The van der Waals surface area contributed by atoms with E-state index < -0.39 is 6.04 Å². The van der Waals surface area contributed by atoms with E-state index in [1.807, 2.05) is 50.2 Å². The van der Waals surface area contributed by atoms with Crippen molar-refractivity contribution in [3.63, 3.8) is 0 Å². The minimum Gasteiger partial charge on any atom is -0.378 e. The lowest BCUT2D eigenvalue weighted by Gasteiger charge is -2.15. The van der Waals surface area contributed by atoms with Gasteiger partial charge >= 0.3 is 0 Å². The number of benzene rings is 1. The maximum Gasteiger partial charge on any atom is 0.241 e. The van der Waals surface area contributed by atoms with Crippen LogP contribution in [-0.4, -0.2) is 26.0 Å². The number of carbonyl (C=O) groups is 1. The minimum atomic E-state index is -0.428. The normalized spacial score (nSPS) is 12.0. The first-order valence-corrected chi connectivity index (χ1v) is 5.88. The highest BCUT2D eigenvalue weighted by Crippen LogP contribution is 2.17. The zero-order valence-corrected chi connectivity index (χ0v) is 10.7. The monoisotopic (exact) mass is 235 g/mol. The van der Waals surface area contributed by atoms with Crippen LogP contribution in [0.3, 0.4) is 0 Å². The smallest absolute Gasteiger partial charge is 0.241 e. The summed E-state index contributed by atoms with van der Waals surface area (Å²) in [4.78, 5) is 13.7. The zero-order chi connectivity index (χ0) is 12.8. The lowest BCUT2D eigenvalue weighted by atomic mass is 10.1. The summed E-state index contributed by atoms with van der Waals surface area (Å²) in [6, 6.07) is 7.26. The third kappa shape index (κ3) is 4.07. The van der Waals surface area contributed by atoms with Crippen LogP contribution in [-0.2, 0) is 4.79 Å². The molecule has 4 heteroatoms. The van der Waals surface area contributed by atoms with E-state index in [1.165, 1.54) is 0 Å². The van der Waals surface area contributed by atoms with Crippen LogP contribution in [0.2, 0.25) is 0 Å². The SMILES string of the molecule is CCC[C@H](N)C(=O)Nc1cccc(N(C)C)c1. The first kappa shape index (κ1) is 13.5. The Morgan fingerprint density at radius 2 is 2.18 bits per heavy atom. The molecule has 0 heterocycles. The molecule has 1 aromatic carbocycles. The summed E-state index contributed by atoms with van der Waals surface area (Å²) in [5.41, 5.74) is 7.58. The van der Waals surface area contributed by atoms with Crippen molar-refractivity contribution in [1.82, 2.24) is 0 Å². The van der Waals surface area contributed by atoms with Crippen LogP contribution < -0.4 is 16.0 Å². The fourth-order valence-electron chi connectivity index (χ4n) is 1.54. The van der Waals surface area contributed by atoms with Crippen molar-refractivity contribution in [3.05, 3.63) is 24.3 Å². The van der Waals surface area contributed by atoms with Crippen LogP contribution in [0.5, 0.6) is 0 Å². The van der Waals surface area contributed by atoms with E-state index in [0.29, 0.717) is 6.42 Å². The Balaban J connectivity index is 2.68. The van der Waals surface area contributed by atoms with Gasteiger partial charge in [0.05, 0.1) is 6.04 Å². The van der Waals surface area contributed by atoms with Crippen molar-refractivity contribution in [2.24, 2.45) is 5.73 Å². The molecular weight excluding hydrogens is 214 g/mol. The maximum atomic E-state index is 11.7. The molecule has 1 amide bonds. The highest BCUT2D eigenvalue weighted by atomic mass is 16.2. The molecule has 1 aromatic rings. The molecule has 0 unspecified atom stereocenters. The second-order valence-corrected chi connectivity index (χ2v) is 4.33. The van der Waals surface area contributed by atoms with E-state index in [9.17, 15) is 4.79 Å². The van der Waals surface area contributed by atoms with E-state index >= 15 is 0 Å². The molecule has 0 saturated carbocycles. The van der Waals surface area contributed by atoms with Gasteiger partial charge in [-0.1, -0.05) is 19.4 Å². The average Bonchev–Trinajstić information content (AvgIpc) is 2.29. The number of anilines is 2. The molecule has 0 bridgehead atoms. The molecule has 3 N–H and O–H groups in total. The van der Waals surface area contributed by atoms with E-state index in [1.54, 1.807) is 0 Å². The van der Waals surface area contributed by atoms with Gasteiger partial charge in [0.2, 0.25) is 5.91 Å². The van der Waals surface area contributed by atoms with Crippen LogP contribution in [0.4, 0.5) is 11.4 Å². The molecule has 0 aliphatic heterocycles. The van der Waals surface area contributed by atoms with Gasteiger partial charge in [0, 0.05) is 25.5 Å². The molecule has 4 nitrogen and oxygen atoms in total. The summed E-state index contributed by atoms with van der Waals surface area (Å²) >= 11 is 0. The lowest BCUT2D eigenvalue weighted by Crippen LogP contribution is -2.35. The molecule has 1 atom stereocenters. The first-order chi connectivity index (χ1) is 8.04. The summed E-state index contributed by atoms with van der Waals surface area (Å²) in [6.45, 7) is 2.01. The van der Waals surface area contributed by atoms with Gasteiger partial charge in [-0.2, -0.15) is 0 Å². The van der Waals surface area contributed by atoms with Crippen molar-refractivity contribution in [2.75, 3.05) is 24.3 Å². The van der Waals surface area contributed by atoms with Crippen LogP contribution in [0, 0.1) is 0 Å². The second-order valence-electron chi connectivity index (χ2n) is 4.33. The summed E-state index contributed by atoms with van der Waals surface area (Å²) < 4.78 is 0. The topological polar surface area (TPSA) is 58.4 Å². The number of nitrogens with two attached hydrogens (primary N) is 1. The van der Waals surface area contributed by atoms with E-state index in [0.717, 1.165) is 17.8 Å². The van der Waals surface area contributed by atoms with E-state index in [-0.39, 0.29) is 5.91 Å². The predicted molar refractivity (Wildman–Crippen MR) is 72.3 cm³/mol. The standard InChI is InChI=1S/C13H21N3O/c1-4-6-12(14)13(17)15-10-7-5-8-11(9-10)16(2)3/h5,7-9,12H,4,6,14H2,1-3H3,(H,15,17)/t12-/m0/s1. The Hall–Kier alpha value is -1.55. The predicted octanol–water partition coefficient (Wildman–Crippen LogP) is 1.82. The Bertz CT molecular complexity index is 377. The molecule has 0 saturated heterocycles. The first-order valence-electron chi connectivity index (χ1n) is 5.88. The number of nitrogens with one attached hydrogen (secondary N) is 1. The molecule has 0 fully saturated rings. The van der Waals surface area contributed by atoms with Gasteiger partial charge in [-0.15, -0.1) is 0 Å². The zero-order valence-electron chi connectivity index (χ0n) is 10.7. The summed E-state index contributed by atoms with van der Waals surface area (Å²) in [7, 11) is 3.92. The van der Waals surface area contributed by atoms with Gasteiger partial charge in [0.1, 0.15) is 0 Å². The fraction of sp³-hybridized carbons (Fsp3) is 0.462. The third-order valence-corrected chi connectivity index (χ3v) is 2.57. The molecular formula is C13H21N3O. The Morgan fingerprint density at radius 3 is 2.76 bits per heavy atom. The molecule has 17 heavy (non-hydrogen) atoms. The van der Waals surface area contributed by atoms with E-state index in [2.05, 4.69) is 5.32 Å². The van der Waals surface area contributed by atoms with Gasteiger partial charge in [-0.25, -0.2) is 0 Å². The van der Waals surface area contributed by atoms with Crippen molar-refractivity contribution in [1.29, 1.82) is 0 Å². The minimum absolute atomic E-state index is 0.122. The van der Waals surface area contributed by atoms with Crippen LogP contribution in [0.15, 0.2) is 24.3 Å². The number of nitrogens with zero attached hydrogens (tertiary/aromatic N) is 1. The average molecular weight is 235 g/mol. The Kier molecular flexibility index (Phi) is 4.97. The molecule has 1 rings (SSSR count). The summed E-state index contributed by atoms with van der Waals surface area (Å²) in [5.74, 6) is -0.122. The van der Waals surface area contributed by atoms with Crippen molar-refractivity contribution >= 4 is 17.3 Å². The third-order valence-electron chi connectivity index (χ3n) is 2.57. The van der Waals surface area contributed by atoms with Crippen molar-refractivity contribution in [3.8, 4) is 0 Å². The van der Waals surface area contributed by atoms with Gasteiger partial charge in [0.15, 0.2) is 0 Å². The number of hydrogen-bond donors (Lipinski definition) is 2. The summed E-state index contributed by atoms with van der Waals surface area (Å²) in [5, 5.41) is 2.83. The molecule has 0 aliphatic carbocycles. The highest BCUT2D eigenvalue weighted by Gasteiger charge is 2.12. The largest absolute Gasteiger partial charge is 0.378 e. The second kappa shape index (κ2) is 6.25. The number of hydrogen-bond acceptors (Lipinski definition) is 3. The lowest BCUT2D eigenvalue weighted by molar-refractivity contribution is -0.117. The van der Waals surface area contributed by atoms with Crippen LogP contribution in [0.25, 0.3) is 0 Å². The van der Waals surface area contributed by atoms with Gasteiger partial charge in [-0.05, 0) is 24.6 Å².